The lowest BCUT2D eigenvalue weighted by Gasteiger charge is -2.34. The smallest absolute Gasteiger partial charge is 0.272 e. The highest BCUT2D eigenvalue weighted by atomic mass is 16.3. The lowest BCUT2D eigenvalue weighted by Crippen LogP contribution is -2.49. The average Bonchev–Trinajstić information content (AvgIpc) is 3.10. The Hall–Kier alpha value is -1.53. The maximum Gasteiger partial charge on any atom is 0.272 e. The highest BCUT2D eigenvalue weighted by molar-refractivity contribution is 5.92. The Kier molecular flexibility index (Phi) is 5.00. The van der Waals surface area contributed by atoms with Crippen LogP contribution < -0.4 is 0 Å². The number of aromatic nitrogens is 2. The van der Waals surface area contributed by atoms with Crippen molar-refractivity contribution in [1.29, 1.82) is 0 Å². The molecule has 1 saturated carbocycles. The summed E-state index contributed by atoms with van der Waals surface area (Å²) in [5.41, 5.74) is 0.521. The van der Waals surface area contributed by atoms with E-state index in [2.05, 4.69) is 14.9 Å². The van der Waals surface area contributed by atoms with E-state index < -0.39 is 0 Å². The van der Waals surface area contributed by atoms with Gasteiger partial charge < -0.3 is 10.0 Å². The topological polar surface area (TPSA) is 69.6 Å². The van der Waals surface area contributed by atoms with Crippen molar-refractivity contribution in [2.45, 2.75) is 31.6 Å². The molecule has 2 heterocycles. The van der Waals surface area contributed by atoms with E-state index in [-0.39, 0.29) is 12.5 Å². The van der Waals surface area contributed by atoms with Gasteiger partial charge in [0.15, 0.2) is 0 Å². The number of hydrogen-bond acceptors (Lipinski definition) is 5. The summed E-state index contributed by atoms with van der Waals surface area (Å²) in [6, 6.07) is 1.72. The maximum absolute atomic E-state index is 12.6. The molecule has 1 aromatic heterocycles. The fourth-order valence-electron chi connectivity index (χ4n) is 3.35. The Morgan fingerprint density at radius 3 is 2.64 bits per heavy atom. The summed E-state index contributed by atoms with van der Waals surface area (Å²) in [7, 11) is 0. The summed E-state index contributed by atoms with van der Waals surface area (Å²) in [5.74, 6) is 1.27. The Bertz CT molecular complexity index is 509. The largest absolute Gasteiger partial charge is 0.395 e. The first-order chi connectivity index (χ1) is 10.8. The van der Waals surface area contributed by atoms with E-state index >= 15 is 0 Å². The Morgan fingerprint density at radius 1 is 1.23 bits per heavy atom. The predicted molar refractivity (Wildman–Crippen MR) is 82.7 cm³/mol. The molecule has 1 N–H and O–H groups in total. The van der Waals surface area contributed by atoms with Gasteiger partial charge in [-0.2, -0.15) is 0 Å². The van der Waals surface area contributed by atoms with Gasteiger partial charge in [0.1, 0.15) is 11.5 Å². The molecule has 22 heavy (non-hydrogen) atoms. The van der Waals surface area contributed by atoms with Crippen LogP contribution in [0, 0.1) is 0 Å². The molecule has 2 fully saturated rings. The molecule has 0 bridgehead atoms. The van der Waals surface area contributed by atoms with Crippen LogP contribution in [0.3, 0.4) is 0 Å². The number of nitrogens with zero attached hydrogens (tertiary/aromatic N) is 4. The van der Waals surface area contributed by atoms with Crippen molar-refractivity contribution in [2.75, 3.05) is 39.3 Å². The van der Waals surface area contributed by atoms with Crippen molar-refractivity contribution in [3.05, 3.63) is 23.8 Å². The zero-order valence-electron chi connectivity index (χ0n) is 12.9. The van der Waals surface area contributed by atoms with Crippen LogP contribution in [0.5, 0.6) is 0 Å². The summed E-state index contributed by atoms with van der Waals surface area (Å²) < 4.78 is 0. The molecule has 6 heteroatoms. The number of aliphatic hydroxyl groups is 1. The third kappa shape index (κ3) is 3.44. The highest BCUT2D eigenvalue weighted by Gasteiger charge is 2.25. The first-order valence-corrected chi connectivity index (χ1v) is 8.23. The van der Waals surface area contributed by atoms with E-state index in [1.807, 2.05) is 4.90 Å². The molecule has 0 aromatic carbocycles. The molecule has 1 aliphatic carbocycles. The number of carbonyl (C=O) groups excluding carboxylic acids is 1. The van der Waals surface area contributed by atoms with E-state index in [0.29, 0.717) is 31.2 Å². The Morgan fingerprint density at radius 2 is 1.95 bits per heavy atom. The first-order valence-electron chi connectivity index (χ1n) is 8.23. The van der Waals surface area contributed by atoms with Gasteiger partial charge in [-0.15, -0.1) is 0 Å². The molecular weight excluding hydrogens is 280 g/mol. The predicted octanol–water partition coefficient (Wildman–Crippen LogP) is 0.884. The van der Waals surface area contributed by atoms with Gasteiger partial charge in [-0.3, -0.25) is 9.69 Å². The molecule has 6 nitrogen and oxygen atoms in total. The first kappa shape index (κ1) is 15.4. The van der Waals surface area contributed by atoms with Gasteiger partial charge in [-0.1, -0.05) is 12.8 Å². The van der Waals surface area contributed by atoms with Gasteiger partial charge in [-0.25, -0.2) is 9.97 Å². The normalized spacial score (nSPS) is 20.5. The number of piperazine rings is 1. The minimum Gasteiger partial charge on any atom is -0.395 e. The summed E-state index contributed by atoms with van der Waals surface area (Å²) in [5, 5.41) is 8.97. The number of hydrogen-bond donors (Lipinski definition) is 1. The van der Waals surface area contributed by atoms with E-state index in [1.165, 1.54) is 12.8 Å². The van der Waals surface area contributed by atoms with Crippen LogP contribution in [0.15, 0.2) is 12.3 Å². The van der Waals surface area contributed by atoms with Crippen molar-refractivity contribution in [1.82, 2.24) is 19.8 Å². The van der Waals surface area contributed by atoms with Gasteiger partial charge in [0.25, 0.3) is 5.91 Å². The van der Waals surface area contributed by atoms with Gasteiger partial charge in [0.2, 0.25) is 0 Å². The maximum atomic E-state index is 12.6. The van der Waals surface area contributed by atoms with Crippen LogP contribution in [-0.4, -0.2) is 70.1 Å². The van der Waals surface area contributed by atoms with Crippen molar-refractivity contribution in [3.63, 3.8) is 0 Å². The second-order valence-electron chi connectivity index (χ2n) is 6.14. The molecular formula is C16H24N4O2. The second kappa shape index (κ2) is 7.15. The van der Waals surface area contributed by atoms with E-state index in [1.54, 1.807) is 12.3 Å². The molecule has 1 aliphatic heterocycles. The highest BCUT2D eigenvalue weighted by Crippen LogP contribution is 2.31. The van der Waals surface area contributed by atoms with E-state index in [4.69, 9.17) is 5.11 Å². The summed E-state index contributed by atoms with van der Waals surface area (Å²) in [6.07, 6.45) is 6.46. The molecule has 0 radical (unpaired) electrons. The van der Waals surface area contributed by atoms with Crippen LogP contribution in [0.4, 0.5) is 0 Å². The number of amides is 1. The zero-order chi connectivity index (χ0) is 15.4. The standard InChI is InChI=1S/C16H24N4O2/c21-12-11-19-7-9-20(10-8-19)16(22)14-5-6-17-15(18-14)13-3-1-2-4-13/h5-6,13,21H,1-4,7-12H2. The summed E-state index contributed by atoms with van der Waals surface area (Å²) >= 11 is 0. The van der Waals surface area contributed by atoms with E-state index in [9.17, 15) is 4.79 Å². The van der Waals surface area contributed by atoms with Gasteiger partial charge in [0.05, 0.1) is 6.61 Å². The van der Waals surface area contributed by atoms with Crippen LogP contribution >= 0.6 is 0 Å². The Balaban J connectivity index is 1.64. The van der Waals surface area contributed by atoms with Gasteiger partial charge in [0, 0.05) is 44.8 Å². The lowest BCUT2D eigenvalue weighted by molar-refractivity contribution is 0.0609. The molecule has 120 valence electrons. The number of rotatable bonds is 4. The third-order valence-electron chi connectivity index (χ3n) is 4.69. The molecule has 1 saturated heterocycles. The quantitative estimate of drug-likeness (QED) is 0.894. The van der Waals surface area contributed by atoms with Crippen LogP contribution in [-0.2, 0) is 0 Å². The number of aliphatic hydroxyl groups excluding tert-OH is 1. The molecule has 2 aliphatic rings. The van der Waals surface area contributed by atoms with Crippen LogP contribution in [0.2, 0.25) is 0 Å². The fourth-order valence-corrected chi connectivity index (χ4v) is 3.35. The average molecular weight is 304 g/mol. The van der Waals surface area contributed by atoms with Crippen LogP contribution in [0.1, 0.15) is 47.9 Å². The minimum atomic E-state index is 0.00490. The third-order valence-corrected chi connectivity index (χ3v) is 4.69. The zero-order valence-corrected chi connectivity index (χ0v) is 12.9. The monoisotopic (exact) mass is 304 g/mol. The van der Waals surface area contributed by atoms with Gasteiger partial charge in [-0.05, 0) is 18.9 Å². The van der Waals surface area contributed by atoms with E-state index in [0.717, 1.165) is 31.8 Å². The molecule has 1 amide bonds. The number of β-amino-alcohol motifs (C(OH)–C–C–N with tert-alkyl or cyclic N) is 1. The van der Waals surface area contributed by atoms with Gasteiger partial charge >= 0.3 is 0 Å². The second-order valence-corrected chi connectivity index (χ2v) is 6.14. The van der Waals surface area contributed by atoms with Crippen molar-refractivity contribution < 1.29 is 9.90 Å². The molecule has 0 unspecified atom stereocenters. The van der Waals surface area contributed by atoms with Crippen molar-refractivity contribution in [3.8, 4) is 0 Å². The molecule has 0 spiro atoms. The van der Waals surface area contributed by atoms with Crippen LogP contribution in [0.25, 0.3) is 0 Å². The number of carbonyl (C=O) groups is 1. The summed E-state index contributed by atoms with van der Waals surface area (Å²) in [4.78, 5) is 25.5. The molecule has 1 aromatic rings. The molecule has 0 atom stereocenters. The Labute approximate surface area is 131 Å². The summed E-state index contributed by atoms with van der Waals surface area (Å²) in [6.45, 7) is 3.87. The van der Waals surface area contributed by atoms with Crippen molar-refractivity contribution in [2.24, 2.45) is 0 Å². The fraction of sp³-hybridized carbons (Fsp3) is 0.688. The SMILES string of the molecule is O=C(c1ccnc(C2CCCC2)n1)N1CCN(CCO)CC1. The minimum absolute atomic E-state index is 0.00490. The molecule has 3 rings (SSSR count). The van der Waals surface area contributed by atoms with Crippen molar-refractivity contribution >= 4 is 5.91 Å². The lowest BCUT2D eigenvalue weighted by atomic mass is 10.1.